The van der Waals surface area contributed by atoms with Crippen molar-refractivity contribution in [2.24, 2.45) is 7.05 Å². The van der Waals surface area contributed by atoms with E-state index in [2.05, 4.69) is 51.3 Å². The van der Waals surface area contributed by atoms with E-state index < -0.39 is 0 Å². The molecule has 0 radical (unpaired) electrons. The standard InChI is InChI=1S/C14H16N4.C2H4O.C2H6/c1-15-11-3-4-14-13(6-11)10(8-18(14)2)5-12-7-16-9-17-12;1-2-3;1-2/h3-4,6-9,15H,5H2,1-2H3,(H,16,17);2H,1H3;1-2H3. The highest BCUT2D eigenvalue weighted by atomic mass is 16.1. The molecule has 2 heterocycles. The number of aldehydes is 1. The number of carbonyl (C=O) groups excluding carboxylic acids is 1. The monoisotopic (exact) mass is 314 g/mol. The number of carbonyl (C=O) groups is 1. The summed E-state index contributed by atoms with van der Waals surface area (Å²) in [5.74, 6) is 0. The maximum atomic E-state index is 8.81. The summed E-state index contributed by atoms with van der Waals surface area (Å²) >= 11 is 0. The molecule has 124 valence electrons. The van der Waals surface area contributed by atoms with Gasteiger partial charge >= 0.3 is 0 Å². The second kappa shape index (κ2) is 9.46. The Labute approximate surface area is 137 Å². The highest BCUT2D eigenvalue weighted by molar-refractivity contribution is 5.87. The fourth-order valence-corrected chi connectivity index (χ4v) is 2.36. The van der Waals surface area contributed by atoms with E-state index in [4.69, 9.17) is 4.79 Å². The van der Waals surface area contributed by atoms with Gasteiger partial charge in [-0.15, -0.1) is 0 Å². The molecule has 1 aromatic carbocycles. The Kier molecular flexibility index (Phi) is 7.60. The van der Waals surface area contributed by atoms with Crippen LogP contribution in [0.25, 0.3) is 10.9 Å². The van der Waals surface area contributed by atoms with Crippen LogP contribution in [0.1, 0.15) is 32.0 Å². The minimum atomic E-state index is 0.750. The van der Waals surface area contributed by atoms with Gasteiger partial charge in [0.1, 0.15) is 6.29 Å². The van der Waals surface area contributed by atoms with Crippen LogP contribution in [0.15, 0.2) is 36.9 Å². The first-order valence-corrected chi connectivity index (χ1v) is 7.82. The summed E-state index contributed by atoms with van der Waals surface area (Å²) in [6.07, 6.45) is 7.41. The van der Waals surface area contributed by atoms with Gasteiger partial charge in [-0.2, -0.15) is 0 Å². The quantitative estimate of drug-likeness (QED) is 0.723. The first kappa shape index (κ1) is 18.5. The van der Waals surface area contributed by atoms with E-state index in [1.165, 1.54) is 23.4 Å². The minimum absolute atomic E-state index is 0.750. The van der Waals surface area contributed by atoms with Crippen molar-refractivity contribution in [3.63, 3.8) is 0 Å². The predicted molar refractivity (Wildman–Crippen MR) is 96.9 cm³/mol. The van der Waals surface area contributed by atoms with Gasteiger partial charge in [0.05, 0.1) is 6.33 Å². The summed E-state index contributed by atoms with van der Waals surface area (Å²) in [6, 6.07) is 6.45. The number of nitrogens with one attached hydrogen (secondary N) is 2. The number of anilines is 1. The average Bonchev–Trinajstić information content (AvgIpc) is 3.19. The molecule has 0 spiro atoms. The highest BCUT2D eigenvalue weighted by Gasteiger charge is 2.08. The highest BCUT2D eigenvalue weighted by Crippen LogP contribution is 2.25. The molecule has 0 aliphatic carbocycles. The minimum Gasteiger partial charge on any atom is -0.388 e. The maximum absolute atomic E-state index is 8.81. The number of fused-ring (bicyclic) bond motifs is 1. The van der Waals surface area contributed by atoms with E-state index in [9.17, 15) is 0 Å². The van der Waals surface area contributed by atoms with Crippen molar-refractivity contribution < 1.29 is 4.79 Å². The van der Waals surface area contributed by atoms with Crippen LogP contribution in [0.5, 0.6) is 0 Å². The third-order valence-electron chi connectivity index (χ3n) is 3.30. The molecular formula is C18H26N4O. The van der Waals surface area contributed by atoms with Crippen LogP contribution in [-0.4, -0.2) is 27.9 Å². The van der Waals surface area contributed by atoms with Gasteiger partial charge in [0.2, 0.25) is 0 Å². The lowest BCUT2D eigenvalue weighted by Gasteiger charge is -2.02. The fourth-order valence-electron chi connectivity index (χ4n) is 2.36. The number of aromatic amines is 1. The lowest BCUT2D eigenvalue weighted by Crippen LogP contribution is -1.89. The zero-order valence-corrected chi connectivity index (χ0v) is 14.6. The number of benzene rings is 1. The third kappa shape index (κ3) is 4.71. The molecule has 5 heteroatoms. The molecule has 3 aromatic rings. The van der Waals surface area contributed by atoms with Gasteiger partial charge in [-0.3, -0.25) is 0 Å². The summed E-state index contributed by atoms with van der Waals surface area (Å²) in [6.45, 7) is 5.44. The summed E-state index contributed by atoms with van der Waals surface area (Å²) in [7, 11) is 4.02. The molecular weight excluding hydrogens is 288 g/mol. The summed E-state index contributed by atoms with van der Waals surface area (Å²) < 4.78 is 2.17. The number of H-pyrrole nitrogens is 1. The Balaban J connectivity index is 0.000000477. The molecule has 0 atom stereocenters. The fraction of sp³-hybridized carbons (Fsp3) is 0.333. The number of aryl methyl sites for hydroxylation is 1. The Bertz CT molecular complexity index is 714. The van der Waals surface area contributed by atoms with Crippen molar-refractivity contribution >= 4 is 22.9 Å². The summed E-state index contributed by atoms with van der Waals surface area (Å²) in [4.78, 5) is 16.0. The molecule has 0 fully saturated rings. The maximum Gasteiger partial charge on any atom is 0.116 e. The number of rotatable bonds is 3. The summed E-state index contributed by atoms with van der Waals surface area (Å²) in [5, 5.41) is 4.48. The molecule has 0 unspecified atom stereocenters. The number of imidazole rings is 1. The van der Waals surface area contributed by atoms with Crippen molar-refractivity contribution in [2.45, 2.75) is 27.2 Å². The van der Waals surface area contributed by atoms with Gasteiger partial charge in [-0.25, -0.2) is 4.98 Å². The number of hydrogen-bond donors (Lipinski definition) is 2. The topological polar surface area (TPSA) is 62.7 Å². The van der Waals surface area contributed by atoms with Crippen LogP contribution >= 0.6 is 0 Å². The molecule has 0 saturated carbocycles. The Morgan fingerprint density at radius 3 is 2.61 bits per heavy atom. The van der Waals surface area contributed by atoms with Crippen molar-refractivity contribution in [2.75, 3.05) is 12.4 Å². The van der Waals surface area contributed by atoms with Crippen molar-refractivity contribution in [3.8, 4) is 0 Å². The molecule has 2 aromatic heterocycles. The van der Waals surface area contributed by atoms with Crippen molar-refractivity contribution in [3.05, 3.63) is 48.2 Å². The molecule has 0 saturated heterocycles. The van der Waals surface area contributed by atoms with Gasteiger partial charge in [0, 0.05) is 55.2 Å². The van der Waals surface area contributed by atoms with Gasteiger partial charge in [0.15, 0.2) is 0 Å². The molecule has 3 rings (SSSR count). The summed E-state index contributed by atoms with van der Waals surface area (Å²) in [5.41, 5.74) is 4.84. The van der Waals surface area contributed by atoms with E-state index in [1.807, 2.05) is 27.1 Å². The second-order valence-corrected chi connectivity index (χ2v) is 4.74. The Hall–Kier alpha value is -2.56. The van der Waals surface area contributed by atoms with E-state index in [0.717, 1.165) is 24.1 Å². The number of aromatic nitrogens is 3. The Morgan fingerprint density at radius 2 is 2.04 bits per heavy atom. The number of hydrogen-bond acceptors (Lipinski definition) is 3. The molecule has 0 aliphatic rings. The molecule has 23 heavy (non-hydrogen) atoms. The average molecular weight is 314 g/mol. The van der Waals surface area contributed by atoms with Gasteiger partial charge in [0.25, 0.3) is 0 Å². The first-order chi connectivity index (χ1) is 11.2. The van der Waals surface area contributed by atoms with E-state index >= 15 is 0 Å². The van der Waals surface area contributed by atoms with Crippen molar-refractivity contribution in [1.29, 1.82) is 0 Å². The van der Waals surface area contributed by atoms with Crippen molar-refractivity contribution in [1.82, 2.24) is 14.5 Å². The van der Waals surface area contributed by atoms with Crippen LogP contribution < -0.4 is 5.32 Å². The molecule has 0 amide bonds. The van der Waals surface area contributed by atoms with E-state index in [-0.39, 0.29) is 0 Å². The molecule has 5 nitrogen and oxygen atoms in total. The normalized spacial score (nSPS) is 9.43. The third-order valence-corrected chi connectivity index (χ3v) is 3.30. The van der Waals surface area contributed by atoms with Gasteiger partial charge in [-0.1, -0.05) is 13.8 Å². The van der Waals surface area contributed by atoms with Crippen LogP contribution in [-0.2, 0) is 18.3 Å². The van der Waals surface area contributed by atoms with Crippen LogP contribution in [0.4, 0.5) is 5.69 Å². The van der Waals surface area contributed by atoms with Crippen LogP contribution in [0, 0.1) is 0 Å². The molecule has 0 bridgehead atoms. The van der Waals surface area contributed by atoms with E-state index in [0.29, 0.717) is 0 Å². The second-order valence-electron chi connectivity index (χ2n) is 4.74. The SMILES string of the molecule is CC.CC=O.CNc1ccc2c(c1)c(Cc1cnc[nH]1)cn2C. The molecule has 2 N–H and O–H groups in total. The van der Waals surface area contributed by atoms with E-state index in [1.54, 1.807) is 6.33 Å². The van der Waals surface area contributed by atoms with Crippen LogP contribution in [0.3, 0.4) is 0 Å². The first-order valence-electron chi connectivity index (χ1n) is 7.82. The lowest BCUT2D eigenvalue weighted by molar-refractivity contribution is -0.106. The van der Waals surface area contributed by atoms with Gasteiger partial charge in [-0.05, 0) is 30.7 Å². The zero-order valence-electron chi connectivity index (χ0n) is 14.6. The number of nitrogens with zero attached hydrogens (tertiary/aromatic N) is 2. The smallest absolute Gasteiger partial charge is 0.116 e. The lowest BCUT2D eigenvalue weighted by atomic mass is 10.1. The largest absolute Gasteiger partial charge is 0.388 e. The molecule has 0 aliphatic heterocycles. The predicted octanol–water partition coefficient (Wildman–Crippen LogP) is 3.77. The zero-order chi connectivity index (χ0) is 17.2. The van der Waals surface area contributed by atoms with Crippen LogP contribution in [0.2, 0.25) is 0 Å². The Morgan fingerprint density at radius 1 is 1.35 bits per heavy atom. The van der Waals surface area contributed by atoms with Gasteiger partial charge < -0.3 is 19.7 Å².